The van der Waals surface area contributed by atoms with Crippen LogP contribution in [0.3, 0.4) is 0 Å². The van der Waals surface area contributed by atoms with Crippen molar-refractivity contribution >= 4 is 23.6 Å². The number of carbonyl (C=O) groups is 2. The molecule has 1 aliphatic rings. The summed E-state index contributed by atoms with van der Waals surface area (Å²) < 4.78 is 26.4. The van der Waals surface area contributed by atoms with Crippen molar-refractivity contribution in [1.82, 2.24) is 10.2 Å². The zero-order valence-corrected chi connectivity index (χ0v) is 14.1. The molecule has 0 radical (unpaired) electrons. The first kappa shape index (κ1) is 17.4. The van der Waals surface area contributed by atoms with Gasteiger partial charge in [-0.15, -0.1) is 11.8 Å². The molecule has 0 spiro atoms. The van der Waals surface area contributed by atoms with Gasteiger partial charge in [0.25, 0.3) is 5.91 Å². The standard InChI is InChI=1S/C18H16F2N2O2S/c19-14-6-12(7-15(20)8-14)9-21-17(23)16-10-25-11-22(16)18(24)13-4-2-1-3-5-13/h1-8,16H,9-11H2,(H,21,23). The average Bonchev–Trinajstić information content (AvgIpc) is 3.09. The highest BCUT2D eigenvalue weighted by Gasteiger charge is 2.34. The van der Waals surface area contributed by atoms with Crippen molar-refractivity contribution < 1.29 is 18.4 Å². The molecule has 0 aliphatic carbocycles. The van der Waals surface area contributed by atoms with Crippen LogP contribution < -0.4 is 5.32 Å². The Labute approximate surface area is 148 Å². The quantitative estimate of drug-likeness (QED) is 0.910. The maximum absolute atomic E-state index is 13.2. The van der Waals surface area contributed by atoms with Gasteiger partial charge in [-0.3, -0.25) is 9.59 Å². The summed E-state index contributed by atoms with van der Waals surface area (Å²) in [6.45, 7) is 0.00203. The molecule has 3 rings (SSSR count). The smallest absolute Gasteiger partial charge is 0.255 e. The molecular formula is C18H16F2N2O2S. The summed E-state index contributed by atoms with van der Waals surface area (Å²) in [4.78, 5) is 26.5. The molecule has 4 nitrogen and oxygen atoms in total. The number of carbonyl (C=O) groups excluding carboxylic acids is 2. The van der Waals surface area contributed by atoms with E-state index in [1.54, 1.807) is 24.3 Å². The van der Waals surface area contributed by atoms with Crippen molar-refractivity contribution in [3.05, 3.63) is 71.3 Å². The zero-order valence-electron chi connectivity index (χ0n) is 13.2. The second-order valence-electron chi connectivity index (χ2n) is 5.65. The SMILES string of the molecule is O=C(NCc1cc(F)cc(F)c1)C1CSCN1C(=O)c1ccccc1. The van der Waals surface area contributed by atoms with Gasteiger partial charge < -0.3 is 10.2 Å². The summed E-state index contributed by atoms with van der Waals surface area (Å²) >= 11 is 1.49. The first-order valence-corrected chi connectivity index (χ1v) is 8.86. The fourth-order valence-electron chi connectivity index (χ4n) is 2.63. The Morgan fingerprint density at radius 2 is 1.80 bits per heavy atom. The normalized spacial score (nSPS) is 16.7. The van der Waals surface area contributed by atoms with Crippen molar-refractivity contribution in [2.45, 2.75) is 12.6 Å². The second-order valence-corrected chi connectivity index (χ2v) is 6.65. The Morgan fingerprint density at radius 1 is 1.12 bits per heavy atom. The molecule has 2 aromatic rings. The molecule has 1 N–H and O–H groups in total. The van der Waals surface area contributed by atoms with Crippen molar-refractivity contribution in [1.29, 1.82) is 0 Å². The van der Waals surface area contributed by atoms with Crippen LogP contribution in [0.15, 0.2) is 48.5 Å². The molecule has 2 aromatic carbocycles. The molecule has 25 heavy (non-hydrogen) atoms. The predicted octanol–water partition coefficient (Wildman–Crippen LogP) is 2.80. The zero-order chi connectivity index (χ0) is 17.8. The fourth-order valence-corrected chi connectivity index (χ4v) is 3.78. The van der Waals surface area contributed by atoms with Crippen LogP contribution >= 0.6 is 11.8 Å². The van der Waals surface area contributed by atoms with Crippen molar-refractivity contribution in [3.63, 3.8) is 0 Å². The van der Waals surface area contributed by atoms with Gasteiger partial charge >= 0.3 is 0 Å². The van der Waals surface area contributed by atoms with E-state index in [-0.39, 0.29) is 18.4 Å². The Balaban J connectivity index is 1.65. The van der Waals surface area contributed by atoms with Crippen molar-refractivity contribution in [2.24, 2.45) is 0 Å². The number of thioether (sulfide) groups is 1. The molecule has 1 atom stereocenters. The van der Waals surface area contributed by atoms with Gasteiger partial charge in [-0.05, 0) is 29.8 Å². The van der Waals surface area contributed by atoms with Crippen LogP contribution in [0, 0.1) is 11.6 Å². The molecule has 0 aromatic heterocycles. The lowest BCUT2D eigenvalue weighted by Crippen LogP contribution is -2.47. The summed E-state index contributed by atoms with van der Waals surface area (Å²) in [6, 6.07) is 11.3. The Bertz CT molecular complexity index is 766. The molecule has 7 heteroatoms. The molecule has 2 amide bonds. The van der Waals surface area contributed by atoms with Gasteiger partial charge in [0.2, 0.25) is 5.91 Å². The minimum atomic E-state index is -0.693. The maximum atomic E-state index is 13.2. The summed E-state index contributed by atoms with van der Waals surface area (Å²) in [7, 11) is 0. The van der Waals surface area contributed by atoms with Gasteiger partial charge in [-0.25, -0.2) is 8.78 Å². The number of amides is 2. The van der Waals surface area contributed by atoms with Gasteiger partial charge in [0, 0.05) is 23.9 Å². The van der Waals surface area contributed by atoms with E-state index in [9.17, 15) is 18.4 Å². The van der Waals surface area contributed by atoms with E-state index in [4.69, 9.17) is 0 Å². The monoisotopic (exact) mass is 362 g/mol. The highest BCUT2D eigenvalue weighted by Crippen LogP contribution is 2.23. The highest BCUT2D eigenvalue weighted by atomic mass is 32.2. The molecule has 1 unspecified atom stereocenters. The lowest BCUT2D eigenvalue weighted by molar-refractivity contribution is -0.124. The minimum absolute atomic E-state index is 0.00203. The van der Waals surface area contributed by atoms with Gasteiger partial charge in [0.05, 0.1) is 5.88 Å². The van der Waals surface area contributed by atoms with Crippen LogP contribution in [0.25, 0.3) is 0 Å². The Hall–Kier alpha value is -2.41. The third-order valence-corrected chi connectivity index (χ3v) is 4.87. The van der Waals surface area contributed by atoms with Gasteiger partial charge in [0.15, 0.2) is 0 Å². The van der Waals surface area contributed by atoms with Gasteiger partial charge in [0.1, 0.15) is 17.7 Å². The average molecular weight is 362 g/mol. The Morgan fingerprint density at radius 3 is 2.48 bits per heavy atom. The number of hydrogen-bond donors (Lipinski definition) is 1. The largest absolute Gasteiger partial charge is 0.350 e. The molecule has 1 fully saturated rings. The lowest BCUT2D eigenvalue weighted by Gasteiger charge is -2.23. The Kier molecular flexibility index (Phi) is 5.33. The molecular weight excluding hydrogens is 346 g/mol. The highest BCUT2D eigenvalue weighted by molar-refractivity contribution is 7.99. The van der Waals surface area contributed by atoms with E-state index in [1.165, 1.54) is 28.8 Å². The summed E-state index contributed by atoms with van der Waals surface area (Å²) in [5.41, 5.74) is 0.854. The van der Waals surface area contributed by atoms with E-state index in [0.29, 0.717) is 22.8 Å². The van der Waals surface area contributed by atoms with Crippen LogP contribution in [-0.2, 0) is 11.3 Å². The molecule has 1 saturated heterocycles. The van der Waals surface area contributed by atoms with E-state index in [2.05, 4.69) is 5.32 Å². The number of nitrogens with one attached hydrogen (secondary N) is 1. The number of rotatable bonds is 4. The number of benzene rings is 2. The summed E-state index contributed by atoms with van der Waals surface area (Å²) in [5, 5.41) is 2.65. The van der Waals surface area contributed by atoms with Gasteiger partial charge in [-0.1, -0.05) is 18.2 Å². The lowest BCUT2D eigenvalue weighted by atomic mass is 10.1. The van der Waals surface area contributed by atoms with Crippen LogP contribution in [0.4, 0.5) is 8.78 Å². The summed E-state index contributed by atoms with van der Waals surface area (Å²) in [6.07, 6.45) is 0. The maximum Gasteiger partial charge on any atom is 0.255 e. The van der Waals surface area contributed by atoms with Crippen molar-refractivity contribution in [3.8, 4) is 0 Å². The first-order chi connectivity index (χ1) is 12.0. The molecule has 0 saturated carbocycles. The van der Waals surface area contributed by atoms with E-state index < -0.39 is 17.7 Å². The summed E-state index contributed by atoms with van der Waals surface area (Å²) in [5.74, 6) is -1.01. The third kappa shape index (κ3) is 4.17. The molecule has 1 heterocycles. The number of halogens is 2. The molecule has 130 valence electrons. The second kappa shape index (κ2) is 7.65. The van der Waals surface area contributed by atoms with E-state index in [1.807, 2.05) is 6.07 Å². The van der Waals surface area contributed by atoms with Crippen LogP contribution in [0.5, 0.6) is 0 Å². The predicted molar refractivity (Wildman–Crippen MR) is 91.9 cm³/mol. The molecule has 0 bridgehead atoms. The van der Waals surface area contributed by atoms with Crippen LogP contribution in [0.2, 0.25) is 0 Å². The minimum Gasteiger partial charge on any atom is -0.350 e. The fraction of sp³-hybridized carbons (Fsp3) is 0.222. The van der Waals surface area contributed by atoms with Crippen molar-refractivity contribution in [2.75, 3.05) is 11.6 Å². The topological polar surface area (TPSA) is 49.4 Å². The molecule has 1 aliphatic heterocycles. The van der Waals surface area contributed by atoms with Crippen LogP contribution in [-0.4, -0.2) is 34.4 Å². The number of hydrogen-bond acceptors (Lipinski definition) is 3. The number of nitrogens with zero attached hydrogens (tertiary/aromatic N) is 1. The van der Waals surface area contributed by atoms with E-state index >= 15 is 0 Å². The first-order valence-electron chi connectivity index (χ1n) is 7.71. The van der Waals surface area contributed by atoms with E-state index in [0.717, 1.165) is 6.07 Å². The van der Waals surface area contributed by atoms with Crippen LogP contribution in [0.1, 0.15) is 15.9 Å². The van der Waals surface area contributed by atoms with Gasteiger partial charge in [-0.2, -0.15) is 0 Å². The third-order valence-electron chi connectivity index (χ3n) is 3.86.